The number of hydrogen-bond donors (Lipinski definition) is 1. The van der Waals surface area contributed by atoms with Crippen molar-refractivity contribution >= 4 is 22.4 Å². The predicted octanol–water partition coefficient (Wildman–Crippen LogP) is 1.31. The molecule has 0 aliphatic rings. The number of nitrogens with two attached hydrogens (primary N) is 1. The molecule has 2 N–H and O–H groups in total. The lowest BCUT2D eigenvalue weighted by molar-refractivity contribution is -0.384. The Hall–Kier alpha value is -3.03. The summed E-state index contributed by atoms with van der Waals surface area (Å²) in [6.45, 7) is 0. The average Bonchev–Trinajstić information content (AvgIpc) is 2.82. The Bertz CT molecular complexity index is 782. The van der Waals surface area contributed by atoms with Gasteiger partial charge in [0.15, 0.2) is 11.6 Å². The van der Waals surface area contributed by atoms with Crippen LogP contribution in [0.15, 0.2) is 36.8 Å². The average molecular weight is 256 g/mol. The maximum absolute atomic E-state index is 10.7. The summed E-state index contributed by atoms with van der Waals surface area (Å²) in [5, 5.41) is 15.5. The van der Waals surface area contributed by atoms with Crippen molar-refractivity contribution in [1.82, 2.24) is 19.7 Å². The lowest BCUT2D eigenvalue weighted by Gasteiger charge is -2.04. The summed E-state index contributed by atoms with van der Waals surface area (Å²) in [6.07, 6.45) is 4.51. The highest BCUT2D eigenvalue weighted by molar-refractivity contribution is 5.82. The minimum atomic E-state index is -0.451. The summed E-state index contributed by atoms with van der Waals surface area (Å²) in [7, 11) is 0. The van der Waals surface area contributed by atoms with Gasteiger partial charge in [0, 0.05) is 29.9 Å². The van der Waals surface area contributed by atoms with E-state index in [9.17, 15) is 10.1 Å². The van der Waals surface area contributed by atoms with Crippen LogP contribution in [-0.4, -0.2) is 24.7 Å². The molecule has 19 heavy (non-hydrogen) atoms. The normalized spacial score (nSPS) is 10.7. The van der Waals surface area contributed by atoms with Crippen LogP contribution in [0.5, 0.6) is 0 Å². The molecule has 0 aliphatic heterocycles. The van der Waals surface area contributed by atoms with Gasteiger partial charge in [0.2, 0.25) is 0 Å². The van der Waals surface area contributed by atoms with Crippen LogP contribution in [0, 0.1) is 10.1 Å². The first-order valence-electron chi connectivity index (χ1n) is 5.36. The Morgan fingerprint density at radius 2 is 2.05 bits per heavy atom. The van der Waals surface area contributed by atoms with Gasteiger partial charge >= 0.3 is 0 Å². The molecule has 94 valence electrons. The monoisotopic (exact) mass is 256 g/mol. The number of fused-ring (bicyclic) bond motifs is 1. The maximum Gasteiger partial charge on any atom is 0.270 e. The molecule has 3 rings (SSSR count). The molecule has 0 saturated heterocycles. The molecule has 0 radical (unpaired) electrons. The number of non-ortho nitro benzene ring substituents is 1. The zero-order chi connectivity index (χ0) is 13.4. The first-order valence-corrected chi connectivity index (χ1v) is 5.36. The Morgan fingerprint density at radius 1 is 1.26 bits per heavy atom. The molecule has 8 heteroatoms. The van der Waals surface area contributed by atoms with Crippen molar-refractivity contribution in [3.05, 3.63) is 46.9 Å². The largest absolute Gasteiger partial charge is 0.381 e. The number of benzene rings is 1. The van der Waals surface area contributed by atoms with Crippen molar-refractivity contribution < 1.29 is 4.92 Å². The van der Waals surface area contributed by atoms with Crippen molar-refractivity contribution in [2.24, 2.45) is 0 Å². The number of hydrogen-bond acceptors (Lipinski definition) is 6. The smallest absolute Gasteiger partial charge is 0.270 e. The van der Waals surface area contributed by atoms with E-state index in [1.807, 2.05) is 0 Å². The zero-order valence-electron chi connectivity index (χ0n) is 9.59. The van der Waals surface area contributed by atoms with Crippen molar-refractivity contribution in [3.63, 3.8) is 0 Å². The number of anilines is 1. The molecule has 0 fully saturated rings. The van der Waals surface area contributed by atoms with Crippen molar-refractivity contribution in [3.8, 4) is 5.82 Å². The van der Waals surface area contributed by atoms with Gasteiger partial charge in [-0.25, -0.2) is 14.6 Å². The number of nitrogen functional groups attached to an aromatic ring is 1. The van der Waals surface area contributed by atoms with Crippen LogP contribution >= 0.6 is 0 Å². The van der Waals surface area contributed by atoms with Gasteiger partial charge in [0.25, 0.3) is 5.69 Å². The fraction of sp³-hybridized carbons (Fsp3) is 0. The molecule has 0 unspecified atom stereocenters. The second kappa shape index (κ2) is 4.02. The Morgan fingerprint density at radius 3 is 2.79 bits per heavy atom. The highest BCUT2D eigenvalue weighted by Gasteiger charge is 2.13. The van der Waals surface area contributed by atoms with E-state index in [1.165, 1.54) is 35.4 Å². The summed E-state index contributed by atoms with van der Waals surface area (Å²) in [5.74, 6) is 0.636. The fourth-order valence-corrected chi connectivity index (χ4v) is 1.81. The molecule has 0 bridgehead atoms. The third-order valence-corrected chi connectivity index (χ3v) is 2.67. The van der Waals surface area contributed by atoms with Gasteiger partial charge in [-0.3, -0.25) is 10.1 Å². The number of rotatable bonds is 2. The van der Waals surface area contributed by atoms with Crippen LogP contribution in [0.25, 0.3) is 16.7 Å². The predicted molar refractivity (Wildman–Crippen MR) is 67.7 cm³/mol. The molecule has 8 nitrogen and oxygen atoms in total. The highest BCUT2D eigenvalue weighted by atomic mass is 16.6. The van der Waals surface area contributed by atoms with E-state index in [-0.39, 0.29) is 11.5 Å². The molecule has 1 aromatic carbocycles. The van der Waals surface area contributed by atoms with Crippen LogP contribution in [0.3, 0.4) is 0 Å². The van der Waals surface area contributed by atoms with Gasteiger partial charge in [-0.1, -0.05) is 0 Å². The molecule has 0 aliphatic carbocycles. The minimum absolute atomic E-state index is 0.0131. The molecule has 3 aromatic rings. The van der Waals surface area contributed by atoms with Crippen LogP contribution in [0.4, 0.5) is 11.5 Å². The van der Waals surface area contributed by atoms with Crippen molar-refractivity contribution in [1.29, 1.82) is 0 Å². The lowest BCUT2D eigenvalue weighted by atomic mass is 10.2. The number of aromatic nitrogens is 4. The van der Waals surface area contributed by atoms with Gasteiger partial charge in [0.1, 0.15) is 0 Å². The molecule has 0 saturated carbocycles. The standard InChI is InChI=1S/C11H8N6O2/c12-10-11(14-4-3-13-10)16-9-2-1-8(17(18)19)5-7(9)6-15-16/h1-6H,(H2,12,13). The van der Waals surface area contributed by atoms with Gasteiger partial charge in [0.05, 0.1) is 16.6 Å². The van der Waals surface area contributed by atoms with Gasteiger partial charge in [-0.05, 0) is 6.07 Å². The van der Waals surface area contributed by atoms with Gasteiger partial charge in [-0.2, -0.15) is 5.10 Å². The summed E-state index contributed by atoms with van der Waals surface area (Å²) >= 11 is 0. The molecule has 0 spiro atoms. The SMILES string of the molecule is Nc1nccnc1-n1ncc2cc([N+](=O)[O-])ccc21. The maximum atomic E-state index is 10.7. The third-order valence-electron chi connectivity index (χ3n) is 2.67. The topological polar surface area (TPSA) is 113 Å². The van der Waals surface area contributed by atoms with E-state index < -0.39 is 4.92 Å². The first-order chi connectivity index (χ1) is 9.16. The minimum Gasteiger partial charge on any atom is -0.381 e. The first kappa shape index (κ1) is 11.1. The Kier molecular flexibility index (Phi) is 2.34. The Labute approximate surface area is 106 Å². The summed E-state index contributed by atoms with van der Waals surface area (Å²) < 4.78 is 1.50. The van der Waals surface area contributed by atoms with Crippen molar-refractivity contribution in [2.45, 2.75) is 0 Å². The van der Waals surface area contributed by atoms with E-state index in [1.54, 1.807) is 6.07 Å². The van der Waals surface area contributed by atoms with Gasteiger partial charge in [-0.15, -0.1) is 0 Å². The highest BCUT2D eigenvalue weighted by Crippen LogP contribution is 2.23. The lowest BCUT2D eigenvalue weighted by Crippen LogP contribution is -2.05. The zero-order valence-corrected chi connectivity index (χ0v) is 9.59. The molecular weight excluding hydrogens is 248 g/mol. The second-order valence-electron chi connectivity index (χ2n) is 3.82. The van der Waals surface area contributed by atoms with Crippen LogP contribution in [-0.2, 0) is 0 Å². The Balaban J connectivity index is 2.22. The van der Waals surface area contributed by atoms with E-state index in [0.29, 0.717) is 16.7 Å². The van der Waals surface area contributed by atoms with E-state index in [2.05, 4.69) is 15.1 Å². The van der Waals surface area contributed by atoms with E-state index in [4.69, 9.17) is 5.73 Å². The van der Waals surface area contributed by atoms with E-state index in [0.717, 1.165) is 0 Å². The molecule has 0 amide bonds. The number of nitrogens with zero attached hydrogens (tertiary/aromatic N) is 5. The molecule has 0 atom stereocenters. The molecule has 2 heterocycles. The second-order valence-corrected chi connectivity index (χ2v) is 3.82. The summed E-state index contributed by atoms with van der Waals surface area (Å²) in [4.78, 5) is 18.3. The third kappa shape index (κ3) is 1.75. The van der Waals surface area contributed by atoms with E-state index >= 15 is 0 Å². The summed E-state index contributed by atoms with van der Waals surface area (Å²) in [5.41, 5.74) is 6.43. The number of nitro groups is 1. The fourth-order valence-electron chi connectivity index (χ4n) is 1.81. The molecule has 2 aromatic heterocycles. The van der Waals surface area contributed by atoms with Gasteiger partial charge < -0.3 is 5.73 Å². The van der Waals surface area contributed by atoms with Crippen LogP contribution < -0.4 is 5.73 Å². The number of nitro benzene ring substituents is 1. The summed E-state index contributed by atoms with van der Waals surface area (Å²) in [6, 6.07) is 4.47. The van der Waals surface area contributed by atoms with Crippen molar-refractivity contribution in [2.75, 3.05) is 5.73 Å². The molecular formula is C11H8N6O2. The van der Waals surface area contributed by atoms with Crippen LogP contribution in [0.2, 0.25) is 0 Å². The quantitative estimate of drug-likeness (QED) is 0.546. The van der Waals surface area contributed by atoms with Crippen LogP contribution in [0.1, 0.15) is 0 Å².